The molecule has 5 heteroatoms. The van der Waals surface area contributed by atoms with Crippen molar-refractivity contribution < 1.29 is 9.53 Å². The van der Waals surface area contributed by atoms with E-state index in [2.05, 4.69) is 11.2 Å². The van der Waals surface area contributed by atoms with Crippen LogP contribution in [0, 0.1) is 11.3 Å². The zero-order valence-corrected chi connectivity index (χ0v) is 8.80. The number of ether oxygens (including phenoxy) is 1. The van der Waals surface area contributed by atoms with Crippen LogP contribution < -0.4 is 0 Å². The highest BCUT2D eigenvalue weighted by Crippen LogP contribution is 2.10. The first kappa shape index (κ1) is 11.2. The zero-order valence-electron chi connectivity index (χ0n) is 8.80. The van der Waals surface area contributed by atoms with Gasteiger partial charge < -0.3 is 4.74 Å². The molecule has 1 heterocycles. The van der Waals surface area contributed by atoms with Crippen LogP contribution in [0.25, 0.3) is 0 Å². The maximum atomic E-state index is 11.3. The molecule has 5 nitrogen and oxygen atoms in total. The average molecular weight is 207 g/mol. The number of hydrogen-bond acceptors (Lipinski definition) is 4. The van der Waals surface area contributed by atoms with Crippen molar-refractivity contribution >= 4 is 5.97 Å². The van der Waals surface area contributed by atoms with Gasteiger partial charge in [-0.1, -0.05) is 6.92 Å². The molecule has 1 rings (SSSR count). The topological polar surface area (TPSA) is 67.9 Å². The van der Waals surface area contributed by atoms with Crippen LogP contribution in [0.1, 0.15) is 36.7 Å². The predicted octanol–water partition coefficient (Wildman–Crippen LogP) is 1.53. The highest BCUT2D eigenvalue weighted by molar-refractivity contribution is 5.88. The van der Waals surface area contributed by atoms with E-state index < -0.39 is 5.97 Å². The number of nitrogens with zero attached hydrogens (tertiary/aromatic N) is 3. The van der Waals surface area contributed by atoms with E-state index >= 15 is 0 Å². The Hall–Kier alpha value is -1.83. The van der Waals surface area contributed by atoms with Crippen molar-refractivity contribution in [3.63, 3.8) is 0 Å². The van der Waals surface area contributed by atoms with E-state index in [0.29, 0.717) is 18.6 Å². The maximum absolute atomic E-state index is 11.3. The summed E-state index contributed by atoms with van der Waals surface area (Å²) in [6, 6.07) is 1.77. The standard InChI is InChI=1S/C10H13N3O2/c1-3-9(5-11)13-7-8(6-12-13)10(14)15-4-2/h6-7,9H,3-4H2,1-2H3. The molecular formula is C10H13N3O2. The Morgan fingerprint density at radius 1 is 1.73 bits per heavy atom. The molecule has 0 aromatic carbocycles. The molecule has 0 aliphatic heterocycles. The molecule has 0 bridgehead atoms. The van der Waals surface area contributed by atoms with E-state index in [1.807, 2.05) is 6.92 Å². The van der Waals surface area contributed by atoms with Crippen molar-refractivity contribution in [2.24, 2.45) is 0 Å². The summed E-state index contributed by atoms with van der Waals surface area (Å²) in [5, 5.41) is 12.8. The summed E-state index contributed by atoms with van der Waals surface area (Å²) in [6.45, 7) is 3.96. The van der Waals surface area contributed by atoms with Gasteiger partial charge in [0.05, 0.1) is 24.4 Å². The van der Waals surface area contributed by atoms with Gasteiger partial charge in [0, 0.05) is 6.20 Å². The first-order valence-corrected chi connectivity index (χ1v) is 4.83. The molecule has 1 aromatic rings. The molecule has 0 saturated heterocycles. The van der Waals surface area contributed by atoms with Crippen LogP contribution in [0.5, 0.6) is 0 Å². The van der Waals surface area contributed by atoms with Gasteiger partial charge in [0.2, 0.25) is 0 Å². The quantitative estimate of drug-likeness (QED) is 0.702. The number of nitriles is 1. The molecule has 0 saturated carbocycles. The first-order valence-electron chi connectivity index (χ1n) is 4.83. The third-order valence-electron chi connectivity index (χ3n) is 1.97. The molecule has 80 valence electrons. The SMILES string of the molecule is CCOC(=O)c1cnn(C(C#N)CC)c1. The molecule has 0 N–H and O–H groups in total. The van der Waals surface area contributed by atoms with E-state index in [0.717, 1.165) is 0 Å². The molecule has 0 spiro atoms. The smallest absolute Gasteiger partial charge is 0.341 e. The van der Waals surface area contributed by atoms with E-state index in [1.54, 1.807) is 6.92 Å². The van der Waals surface area contributed by atoms with Crippen molar-refractivity contribution in [2.45, 2.75) is 26.3 Å². The first-order chi connectivity index (χ1) is 7.22. The Balaban J connectivity index is 2.80. The third-order valence-corrected chi connectivity index (χ3v) is 1.97. The van der Waals surface area contributed by atoms with Gasteiger partial charge in [-0.05, 0) is 13.3 Å². The number of hydrogen-bond donors (Lipinski definition) is 0. The van der Waals surface area contributed by atoms with Gasteiger partial charge in [0.15, 0.2) is 0 Å². The molecule has 0 amide bonds. The Morgan fingerprint density at radius 3 is 3.00 bits per heavy atom. The van der Waals surface area contributed by atoms with Gasteiger partial charge in [-0.3, -0.25) is 4.68 Å². The summed E-state index contributed by atoms with van der Waals surface area (Å²) in [5.74, 6) is -0.406. The normalized spacial score (nSPS) is 11.8. The number of rotatable bonds is 4. The lowest BCUT2D eigenvalue weighted by atomic mass is 10.2. The number of carbonyl (C=O) groups excluding carboxylic acids is 1. The van der Waals surface area contributed by atoms with E-state index in [-0.39, 0.29) is 6.04 Å². The lowest BCUT2D eigenvalue weighted by Crippen LogP contribution is -2.06. The van der Waals surface area contributed by atoms with Crippen LogP contribution in [0.15, 0.2) is 12.4 Å². The van der Waals surface area contributed by atoms with Crippen LogP contribution in [-0.2, 0) is 4.74 Å². The molecule has 1 aromatic heterocycles. The second-order valence-corrected chi connectivity index (χ2v) is 2.98. The summed E-state index contributed by atoms with van der Waals surface area (Å²) < 4.78 is 6.29. The minimum absolute atomic E-state index is 0.326. The van der Waals surface area contributed by atoms with Crippen LogP contribution in [0.4, 0.5) is 0 Å². The Morgan fingerprint density at radius 2 is 2.47 bits per heavy atom. The molecular weight excluding hydrogens is 194 g/mol. The number of aromatic nitrogens is 2. The number of esters is 1. The molecule has 0 radical (unpaired) electrons. The molecule has 0 aliphatic rings. The van der Waals surface area contributed by atoms with E-state index in [9.17, 15) is 4.79 Å². The fourth-order valence-corrected chi connectivity index (χ4v) is 1.17. The molecule has 0 aliphatic carbocycles. The van der Waals surface area contributed by atoms with Gasteiger partial charge >= 0.3 is 5.97 Å². The van der Waals surface area contributed by atoms with Gasteiger partial charge in [-0.2, -0.15) is 10.4 Å². The molecule has 15 heavy (non-hydrogen) atoms. The highest BCUT2D eigenvalue weighted by Gasteiger charge is 2.13. The van der Waals surface area contributed by atoms with Crippen molar-refractivity contribution in [1.29, 1.82) is 5.26 Å². The summed E-state index contributed by atoms with van der Waals surface area (Å²) >= 11 is 0. The zero-order chi connectivity index (χ0) is 11.3. The molecule has 0 fully saturated rings. The second kappa shape index (κ2) is 5.15. The molecule has 1 unspecified atom stereocenters. The summed E-state index contributed by atoms with van der Waals surface area (Å²) in [7, 11) is 0. The van der Waals surface area contributed by atoms with Crippen molar-refractivity contribution in [1.82, 2.24) is 9.78 Å². The number of carbonyl (C=O) groups is 1. The van der Waals surface area contributed by atoms with Crippen LogP contribution in [0.2, 0.25) is 0 Å². The van der Waals surface area contributed by atoms with Gasteiger partial charge in [0.1, 0.15) is 6.04 Å². The van der Waals surface area contributed by atoms with Crippen LogP contribution in [-0.4, -0.2) is 22.4 Å². The summed E-state index contributed by atoms with van der Waals surface area (Å²) in [4.78, 5) is 11.3. The molecule has 1 atom stereocenters. The highest BCUT2D eigenvalue weighted by atomic mass is 16.5. The monoisotopic (exact) mass is 207 g/mol. The lowest BCUT2D eigenvalue weighted by molar-refractivity contribution is 0.0526. The Labute approximate surface area is 88.3 Å². The Bertz CT molecular complexity index is 378. The maximum Gasteiger partial charge on any atom is 0.341 e. The predicted molar refractivity (Wildman–Crippen MR) is 53.1 cm³/mol. The fourth-order valence-electron chi connectivity index (χ4n) is 1.17. The van der Waals surface area contributed by atoms with Crippen LogP contribution >= 0.6 is 0 Å². The Kier molecular flexibility index (Phi) is 3.86. The fraction of sp³-hybridized carbons (Fsp3) is 0.500. The van der Waals surface area contributed by atoms with Gasteiger partial charge in [-0.25, -0.2) is 4.79 Å². The third kappa shape index (κ3) is 2.56. The summed E-state index contributed by atoms with van der Waals surface area (Å²) in [5.41, 5.74) is 0.380. The van der Waals surface area contributed by atoms with Gasteiger partial charge in [-0.15, -0.1) is 0 Å². The summed E-state index contributed by atoms with van der Waals surface area (Å²) in [6.07, 6.45) is 3.60. The largest absolute Gasteiger partial charge is 0.462 e. The van der Waals surface area contributed by atoms with Crippen molar-refractivity contribution in [2.75, 3.05) is 6.61 Å². The lowest BCUT2D eigenvalue weighted by Gasteiger charge is -2.04. The van der Waals surface area contributed by atoms with E-state index in [4.69, 9.17) is 10.00 Å². The second-order valence-electron chi connectivity index (χ2n) is 2.98. The van der Waals surface area contributed by atoms with Crippen molar-refractivity contribution in [3.8, 4) is 6.07 Å². The van der Waals surface area contributed by atoms with Gasteiger partial charge in [0.25, 0.3) is 0 Å². The minimum Gasteiger partial charge on any atom is -0.462 e. The minimum atomic E-state index is -0.406. The van der Waals surface area contributed by atoms with Crippen molar-refractivity contribution in [3.05, 3.63) is 18.0 Å². The van der Waals surface area contributed by atoms with E-state index in [1.165, 1.54) is 17.1 Å². The van der Waals surface area contributed by atoms with Crippen LogP contribution in [0.3, 0.4) is 0 Å². The average Bonchev–Trinajstić information content (AvgIpc) is 2.69.